The van der Waals surface area contributed by atoms with E-state index in [0.29, 0.717) is 6.04 Å². The van der Waals surface area contributed by atoms with E-state index in [0.717, 1.165) is 79.2 Å². The zero-order chi connectivity index (χ0) is 23.2. The average molecular weight is 458 g/mol. The van der Waals surface area contributed by atoms with Gasteiger partial charge in [-0.15, -0.1) is 10.2 Å². The lowest BCUT2D eigenvalue weighted by molar-refractivity contribution is 0.184. The summed E-state index contributed by atoms with van der Waals surface area (Å²) in [7, 11) is 2.19. The Morgan fingerprint density at radius 3 is 2.53 bits per heavy atom. The molecule has 0 aliphatic carbocycles. The van der Waals surface area contributed by atoms with Gasteiger partial charge < -0.3 is 19.5 Å². The van der Waals surface area contributed by atoms with E-state index in [4.69, 9.17) is 4.74 Å². The number of aromatic amines is 1. The fourth-order valence-corrected chi connectivity index (χ4v) is 5.34. The van der Waals surface area contributed by atoms with Crippen LogP contribution in [0.3, 0.4) is 0 Å². The number of benzene rings is 1. The minimum atomic E-state index is 0.319. The minimum absolute atomic E-state index is 0.319. The second-order valence-electron chi connectivity index (χ2n) is 9.67. The van der Waals surface area contributed by atoms with Gasteiger partial charge in [-0.3, -0.25) is 4.68 Å². The van der Waals surface area contributed by atoms with Gasteiger partial charge in [0.05, 0.1) is 24.5 Å². The lowest BCUT2D eigenvalue weighted by Crippen LogP contribution is -2.45. The number of piperazine rings is 1. The van der Waals surface area contributed by atoms with Crippen LogP contribution in [0.25, 0.3) is 33.4 Å². The summed E-state index contributed by atoms with van der Waals surface area (Å²) in [5, 5.41) is 14.7. The van der Waals surface area contributed by atoms with Crippen LogP contribution in [-0.4, -0.2) is 76.3 Å². The van der Waals surface area contributed by atoms with Crippen molar-refractivity contribution in [2.75, 3.05) is 51.3 Å². The summed E-state index contributed by atoms with van der Waals surface area (Å²) in [6.45, 7) is 10.3. The van der Waals surface area contributed by atoms with Gasteiger partial charge >= 0.3 is 0 Å². The molecule has 0 bridgehead atoms. The number of anilines is 1. The number of likely N-dealkylation sites (N-methyl/N-ethyl adjacent to an activating group) is 1. The van der Waals surface area contributed by atoms with E-state index in [1.165, 1.54) is 16.8 Å². The van der Waals surface area contributed by atoms with E-state index >= 15 is 0 Å². The first kappa shape index (κ1) is 21.3. The molecule has 0 amide bonds. The van der Waals surface area contributed by atoms with E-state index in [2.05, 4.69) is 75.4 Å². The van der Waals surface area contributed by atoms with Crippen molar-refractivity contribution in [3.63, 3.8) is 0 Å². The van der Waals surface area contributed by atoms with Gasteiger partial charge in [-0.1, -0.05) is 0 Å². The van der Waals surface area contributed by atoms with Crippen molar-refractivity contribution in [1.29, 1.82) is 0 Å². The topological polar surface area (TPSA) is 75.1 Å². The maximum atomic E-state index is 5.53. The van der Waals surface area contributed by atoms with Gasteiger partial charge in [0.1, 0.15) is 0 Å². The van der Waals surface area contributed by atoms with Gasteiger partial charge in [0, 0.05) is 72.9 Å². The highest BCUT2D eigenvalue weighted by Crippen LogP contribution is 2.34. The molecule has 176 valence electrons. The Bertz CT molecular complexity index is 1300. The Morgan fingerprint density at radius 1 is 1.00 bits per heavy atom. The Labute approximate surface area is 199 Å². The second kappa shape index (κ2) is 8.52. The van der Waals surface area contributed by atoms with E-state index in [1.54, 1.807) is 0 Å². The predicted octanol–water partition coefficient (Wildman–Crippen LogP) is 3.82. The number of aromatic nitrogens is 5. The van der Waals surface area contributed by atoms with Crippen LogP contribution in [0.1, 0.15) is 23.6 Å². The Kier molecular flexibility index (Phi) is 5.34. The SMILES string of the molecule is Cc1cc(-c2cc3c(-c4cnn(C5CCOC5)c4)c[nH]c3nn2)cc(C)c1N1CCN(C)CC1. The first-order valence-electron chi connectivity index (χ1n) is 12.1. The Balaban J connectivity index is 1.34. The standard InChI is InChI=1S/C26H31N7O/c1-17-10-19(11-18(2)25(17)32-7-5-31(3)6-8-32)24-12-22-23(14-27-26(22)30-29-24)20-13-28-33(15-20)21-4-9-34-16-21/h10-15,21H,4-9,16H2,1-3H3,(H,27,30). The largest absolute Gasteiger partial charge is 0.379 e. The number of aryl methyl sites for hydroxylation is 2. The quantitative estimate of drug-likeness (QED) is 0.502. The van der Waals surface area contributed by atoms with Crippen molar-refractivity contribution in [1.82, 2.24) is 29.9 Å². The molecule has 1 aromatic carbocycles. The van der Waals surface area contributed by atoms with Crippen molar-refractivity contribution in [3.05, 3.63) is 47.9 Å². The molecule has 2 fully saturated rings. The van der Waals surface area contributed by atoms with E-state index in [1.807, 2.05) is 17.1 Å². The summed E-state index contributed by atoms with van der Waals surface area (Å²) < 4.78 is 7.56. The lowest BCUT2D eigenvalue weighted by atomic mass is 10.00. The molecule has 8 heteroatoms. The van der Waals surface area contributed by atoms with Crippen molar-refractivity contribution in [3.8, 4) is 22.4 Å². The highest BCUT2D eigenvalue weighted by atomic mass is 16.5. The smallest absolute Gasteiger partial charge is 0.160 e. The van der Waals surface area contributed by atoms with E-state index in [-0.39, 0.29) is 0 Å². The Hall–Kier alpha value is -3.23. The number of ether oxygens (including phenoxy) is 1. The van der Waals surface area contributed by atoms with E-state index in [9.17, 15) is 0 Å². The number of nitrogens with one attached hydrogen (secondary N) is 1. The van der Waals surface area contributed by atoms with Gasteiger partial charge in [-0.2, -0.15) is 5.10 Å². The van der Waals surface area contributed by atoms with Crippen molar-refractivity contribution >= 4 is 16.7 Å². The first-order valence-corrected chi connectivity index (χ1v) is 12.1. The minimum Gasteiger partial charge on any atom is -0.379 e. The van der Waals surface area contributed by atoms with Crippen LogP contribution in [0.2, 0.25) is 0 Å². The van der Waals surface area contributed by atoms with Crippen molar-refractivity contribution in [2.45, 2.75) is 26.3 Å². The first-order chi connectivity index (χ1) is 16.6. The molecule has 1 unspecified atom stereocenters. The van der Waals surface area contributed by atoms with Crippen LogP contribution < -0.4 is 4.90 Å². The summed E-state index contributed by atoms with van der Waals surface area (Å²) in [4.78, 5) is 8.18. The summed E-state index contributed by atoms with van der Waals surface area (Å²) in [6, 6.07) is 6.97. The van der Waals surface area contributed by atoms with Crippen molar-refractivity contribution < 1.29 is 4.74 Å². The summed E-state index contributed by atoms with van der Waals surface area (Å²) in [5.74, 6) is 0. The van der Waals surface area contributed by atoms with Crippen LogP contribution in [0.5, 0.6) is 0 Å². The van der Waals surface area contributed by atoms with Crippen molar-refractivity contribution in [2.24, 2.45) is 0 Å². The molecule has 5 heterocycles. The molecule has 1 N–H and O–H groups in total. The van der Waals surface area contributed by atoms with Gasteiger partial charge in [0.25, 0.3) is 0 Å². The van der Waals surface area contributed by atoms with Gasteiger partial charge in [0.2, 0.25) is 0 Å². The number of fused-ring (bicyclic) bond motifs is 1. The molecule has 2 aliphatic rings. The summed E-state index contributed by atoms with van der Waals surface area (Å²) >= 11 is 0. The maximum absolute atomic E-state index is 5.53. The highest BCUT2D eigenvalue weighted by molar-refractivity contribution is 5.95. The molecule has 0 radical (unpaired) electrons. The van der Waals surface area contributed by atoms with Gasteiger partial charge in [0.15, 0.2) is 5.65 Å². The molecule has 0 saturated carbocycles. The molecule has 2 saturated heterocycles. The summed E-state index contributed by atoms with van der Waals surface area (Å²) in [6.07, 6.45) is 7.05. The molecular weight excluding hydrogens is 426 g/mol. The molecule has 8 nitrogen and oxygen atoms in total. The van der Waals surface area contributed by atoms with Crippen LogP contribution in [0.15, 0.2) is 36.8 Å². The van der Waals surface area contributed by atoms with Gasteiger partial charge in [-0.05, 0) is 56.6 Å². The number of H-pyrrole nitrogens is 1. The molecule has 4 aromatic rings. The Morgan fingerprint density at radius 2 is 1.79 bits per heavy atom. The number of nitrogens with zero attached hydrogens (tertiary/aromatic N) is 6. The number of rotatable bonds is 4. The monoisotopic (exact) mass is 457 g/mol. The van der Waals surface area contributed by atoms with Gasteiger partial charge in [-0.25, -0.2) is 0 Å². The molecule has 2 aliphatic heterocycles. The normalized spacial score (nSPS) is 19.4. The molecule has 6 rings (SSSR count). The van der Waals surface area contributed by atoms with Crippen LogP contribution in [0, 0.1) is 13.8 Å². The second-order valence-corrected chi connectivity index (χ2v) is 9.67. The number of hydrogen-bond acceptors (Lipinski definition) is 6. The highest BCUT2D eigenvalue weighted by Gasteiger charge is 2.21. The average Bonchev–Trinajstić information content (AvgIpc) is 3.59. The fourth-order valence-electron chi connectivity index (χ4n) is 5.34. The zero-order valence-corrected chi connectivity index (χ0v) is 20.1. The molecule has 1 atom stereocenters. The zero-order valence-electron chi connectivity index (χ0n) is 20.1. The third kappa shape index (κ3) is 3.76. The van der Waals surface area contributed by atoms with Crippen LogP contribution in [0.4, 0.5) is 5.69 Å². The molecule has 0 spiro atoms. The number of hydrogen-bond donors (Lipinski definition) is 1. The van der Waals surface area contributed by atoms with Crippen LogP contribution >= 0.6 is 0 Å². The molecule has 3 aromatic heterocycles. The molecule has 34 heavy (non-hydrogen) atoms. The fraction of sp³-hybridized carbons (Fsp3) is 0.423. The lowest BCUT2D eigenvalue weighted by Gasteiger charge is -2.36. The third-order valence-corrected chi connectivity index (χ3v) is 7.24. The summed E-state index contributed by atoms with van der Waals surface area (Å²) in [5.41, 5.74) is 8.89. The maximum Gasteiger partial charge on any atom is 0.160 e. The third-order valence-electron chi connectivity index (χ3n) is 7.24. The predicted molar refractivity (Wildman–Crippen MR) is 134 cm³/mol. The van der Waals surface area contributed by atoms with E-state index < -0.39 is 0 Å². The molecular formula is C26H31N7O. The van der Waals surface area contributed by atoms with Crippen LogP contribution in [-0.2, 0) is 4.74 Å².